The van der Waals surface area contributed by atoms with Crippen LogP contribution in [0.2, 0.25) is 0 Å². The molecule has 9 nitrogen and oxygen atoms in total. The lowest BCUT2D eigenvalue weighted by Gasteiger charge is -2.36. The highest BCUT2D eigenvalue weighted by Gasteiger charge is 2.32. The summed E-state index contributed by atoms with van der Waals surface area (Å²) in [5.41, 5.74) is 4.78. The number of nitriles is 1. The number of nitrogens with zero attached hydrogens (tertiary/aromatic N) is 8. The predicted molar refractivity (Wildman–Crippen MR) is 172 cm³/mol. The highest BCUT2D eigenvalue weighted by molar-refractivity contribution is 7.16. The van der Waals surface area contributed by atoms with Crippen LogP contribution in [0.4, 0.5) is 15.3 Å². The number of hydrogen-bond acceptors (Lipinski definition) is 8. The van der Waals surface area contributed by atoms with Crippen molar-refractivity contribution in [2.24, 2.45) is 5.92 Å². The lowest BCUT2D eigenvalue weighted by atomic mass is 9.83. The summed E-state index contributed by atoms with van der Waals surface area (Å²) in [6, 6.07) is 12.3. The van der Waals surface area contributed by atoms with Crippen molar-refractivity contribution in [3.8, 4) is 28.5 Å². The number of halogens is 1. The number of hydrogen-bond donors (Lipinski definition) is 0. The normalized spacial score (nSPS) is 15.6. The van der Waals surface area contributed by atoms with Gasteiger partial charge in [-0.3, -0.25) is 9.20 Å². The van der Waals surface area contributed by atoms with Crippen molar-refractivity contribution in [3.05, 3.63) is 77.2 Å². The predicted octanol–water partition coefficient (Wildman–Crippen LogP) is 6.76. The minimum atomic E-state index is -0.337. The lowest BCUT2D eigenvalue weighted by Crippen LogP contribution is -2.43. The second-order valence-electron chi connectivity index (χ2n) is 11.8. The van der Waals surface area contributed by atoms with Gasteiger partial charge in [-0.05, 0) is 68.5 Å². The first-order chi connectivity index (χ1) is 21.9. The van der Waals surface area contributed by atoms with E-state index >= 15 is 0 Å². The fourth-order valence-electron chi connectivity index (χ4n) is 6.24. The van der Waals surface area contributed by atoms with Crippen LogP contribution in [0.25, 0.3) is 28.0 Å². The molecule has 45 heavy (non-hydrogen) atoms. The molecule has 1 aromatic carbocycles. The molecule has 5 aromatic rings. The Hall–Kier alpha value is -4.69. The van der Waals surface area contributed by atoms with Gasteiger partial charge in [0.05, 0.1) is 5.69 Å². The molecule has 1 aliphatic heterocycles. The van der Waals surface area contributed by atoms with Gasteiger partial charge >= 0.3 is 0 Å². The molecule has 7 rings (SSSR count). The van der Waals surface area contributed by atoms with Gasteiger partial charge in [0, 0.05) is 67.3 Å². The van der Waals surface area contributed by atoms with E-state index in [-0.39, 0.29) is 17.7 Å². The number of aryl methyl sites for hydroxylation is 1. The Kier molecular flexibility index (Phi) is 7.75. The van der Waals surface area contributed by atoms with E-state index in [1.165, 1.54) is 29.9 Å². The number of carbonyl (C=O) groups excluding carboxylic acids is 1. The summed E-state index contributed by atoms with van der Waals surface area (Å²) in [5, 5.41) is 10.5. The van der Waals surface area contributed by atoms with Crippen molar-refractivity contribution in [1.82, 2.24) is 29.2 Å². The standard InChI is InChI=1S/C34H33FN8OS/c1-3-27-32(41(2)34-40-30(28(17-36)45-34)21-7-10-26(35)11-8-21)43-20-24(9-12-29(43)39-27)25-18-37-31(38-19-25)22-13-15-42(16-14-22)33(44)23-5-4-6-23/h7-12,18-20,22-23H,3-6,13-16H2,1-2H3. The maximum absolute atomic E-state index is 13.5. The maximum atomic E-state index is 13.5. The summed E-state index contributed by atoms with van der Waals surface area (Å²) >= 11 is 1.29. The van der Waals surface area contributed by atoms with Crippen LogP contribution in [0, 0.1) is 23.1 Å². The Labute approximate surface area is 265 Å². The zero-order valence-electron chi connectivity index (χ0n) is 25.3. The zero-order valence-corrected chi connectivity index (χ0v) is 26.1. The number of amides is 1. The first kappa shape index (κ1) is 29.0. The van der Waals surface area contributed by atoms with E-state index in [4.69, 9.17) is 19.9 Å². The molecule has 228 valence electrons. The van der Waals surface area contributed by atoms with E-state index in [1.54, 1.807) is 12.1 Å². The van der Waals surface area contributed by atoms with E-state index in [0.29, 0.717) is 33.6 Å². The van der Waals surface area contributed by atoms with Crippen LogP contribution in [0.15, 0.2) is 55.0 Å². The smallest absolute Gasteiger partial charge is 0.225 e. The molecule has 1 saturated heterocycles. The molecule has 4 aromatic heterocycles. The SMILES string of the molecule is CCc1nc2ccc(-c3cnc(C4CCN(C(=O)C5CCC5)CC4)nc3)cn2c1N(C)c1nc(-c2ccc(F)cc2)c(C#N)s1. The third-order valence-electron chi connectivity index (χ3n) is 9.07. The topological polar surface area (TPSA) is 103 Å². The largest absolute Gasteiger partial charge is 0.342 e. The average molecular weight is 621 g/mol. The number of rotatable bonds is 7. The molecule has 0 bridgehead atoms. The van der Waals surface area contributed by atoms with E-state index in [9.17, 15) is 14.4 Å². The molecular formula is C34H33FN8OS. The number of fused-ring (bicyclic) bond motifs is 1. The number of thiazole rings is 1. The van der Waals surface area contributed by atoms with Crippen LogP contribution in [0.1, 0.15) is 61.3 Å². The fourth-order valence-corrected chi connectivity index (χ4v) is 7.08. The van der Waals surface area contributed by atoms with Crippen molar-refractivity contribution in [1.29, 1.82) is 5.26 Å². The molecule has 11 heteroatoms. The third-order valence-corrected chi connectivity index (χ3v) is 10.1. The Bertz CT molecular complexity index is 1900. The second-order valence-corrected chi connectivity index (χ2v) is 12.8. The van der Waals surface area contributed by atoms with Gasteiger partial charge in [0.25, 0.3) is 0 Å². The molecule has 1 aliphatic carbocycles. The highest BCUT2D eigenvalue weighted by atomic mass is 32.1. The Balaban J connectivity index is 1.14. The van der Waals surface area contributed by atoms with Gasteiger partial charge in [0.1, 0.15) is 39.7 Å². The van der Waals surface area contributed by atoms with Gasteiger partial charge in [-0.1, -0.05) is 24.7 Å². The van der Waals surface area contributed by atoms with Crippen molar-refractivity contribution in [2.75, 3.05) is 25.0 Å². The third kappa shape index (κ3) is 5.44. The van der Waals surface area contributed by atoms with Crippen molar-refractivity contribution < 1.29 is 9.18 Å². The first-order valence-corrected chi connectivity index (χ1v) is 16.3. The van der Waals surface area contributed by atoms with Gasteiger partial charge in [-0.15, -0.1) is 0 Å². The summed E-state index contributed by atoms with van der Waals surface area (Å²) in [6.45, 7) is 3.62. The first-order valence-electron chi connectivity index (χ1n) is 15.5. The minimum Gasteiger partial charge on any atom is -0.342 e. The molecule has 0 unspecified atom stereocenters. The number of pyridine rings is 1. The molecule has 0 radical (unpaired) electrons. The zero-order chi connectivity index (χ0) is 31.1. The van der Waals surface area contributed by atoms with Gasteiger partial charge in [0.2, 0.25) is 5.91 Å². The van der Waals surface area contributed by atoms with Crippen LogP contribution in [-0.4, -0.2) is 55.3 Å². The van der Waals surface area contributed by atoms with Gasteiger partial charge in [-0.25, -0.2) is 24.3 Å². The maximum Gasteiger partial charge on any atom is 0.225 e. The van der Waals surface area contributed by atoms with Crippen molar-refractivity contribution >= 4 is 33.8 Å². The van der Waals surface area contributed by atoms with Crippen LogP contribution < -0.4 is 4.90 Å². The molecule has 5 heterocycles. The summed E-state index contributed by atoms with van der Waals surface area (Å²) in [5.74, 6) is 2.19. The van der Waals surface area contributed by atoms with Gasteiger partial charge in [0.15, 0.2) is 5.13 Å². The van der Waals surface area contributed by atoms with Gasteiger partial charge in [-0.2, -0.15) is 5.26 Å². The number of anilines is 2. The van der Waals surface area contributed by atoms with Crippen molar-refractivity contribution in [2.45, 2.75) is 51.4 Å². The average Bonchev–Trinajstić information content (AvgIpc) is 3.66. The van der Waals surface area contributed by atoms with Crippen LogP contribution >= 0.6 is 11.3 Å². The summed E-state index contributed by atoms with van der Waals surface area (Å²) in [6.07, 6.45) is 11.5. The molecule has 0 N–H and O–H groups in total. The molecular weight excluding hydrogens is 587 g/mol. The fraction of sp³-hybridized carbons (Fsp3) is 0.353. The molecule has 2 aliphatic rings. The van der Waals surface area contributed by atoms with Crippen LogP contribution in [0.5, 0.6) is 0 Å². The number of piperidine rings is 1. The highest BCUT2D eigenvalue weighted by Crippen LogP contribution is 2.37. The molecule has 1 amide bonds. The van der Waals surface area contributed by atoms with E-state index in [1.807, 2.05) is 52.0 Å². The Morgan fingerprint density at radius 2 is 1.73 bits per heavy atom. The van der Waals surface area contributed by atoms with E-state index in [2.05, 4.69) is 13.0 Å². The number of likely N-dealkylation sites (tertiary alicyclic amines) is 1. The van der Waals surface area contributed by atoms with E-state index in [0.717, 1.165) is 72.9 Å². The number of imidazole rings is 1. The van der Waals surface area contributed by atoms with Gasteiger partial charge < -0.3 is 9.80 Å². The molecule has 0 spiro atoms. The second kappa shape index (κ2) is 12.0. The number of benzene rings is 1. The lowest BCUT2D eigenvalue weighted by molar-refractivity contribution is -0.139. The quantitative estimate of drug-likeness (QED) is 0.198. The molecule has 1 saturated carbocycles. The Morgan fingerprint density at radius 1 is 1.02 bits per heavy atom. The van der Waals surface area contributed by atoms with Crippen LogP contribution in [0.3, 0.4) is 0 Å². The minimum absolute atomic E-state index is 0.245. The monoisotopic (exact) mass is 620 g/mol. The number of carbonyl (C=O) groups is 1. The molecule has 2 fully saturated rings. The summed E-state index contributed by atoms with van der Waals surface area (Å²) in [7, 11) is 1.92. The van der Waals surface area contributed by atoms with Crippen molar-refractivity contribution in [3.63, 3.8) is 0 Å². The summed E-state index contributed by atoms with van der Waals surface area (Å²) < 4.78 is 15.6. The number of aromatic nitrogens is 5. The summed E-state index contributed by atoms with van der Waals surface area (Å²) in [4.78, 5) is 36.3. The molecule has 0 atom stereocenters. The van der Waals surface area contributed by atoms with E-state index < -0.39 is 0 Å². The van der Waals surface area contributed by atoms with Crippen LogP contribution in [-0.2, 0) is 11.2 Å². The Morgan fingerprint density at radius 3 is 2.38 bits per heavy atom.